The highest BCUT2D eigenvalue weighted by atomic mass is 29.3. The predicted molar refractivity (Wildman–Crippen MR) is 111 cm³/mol. The lowest BCUT2D eigenvalue weighted by Crippen LogP contribution is -2.60. The molecule has 0 aliphatic rings. The van der Waals surface area contributed by atoms with Gasteiger partial charge in [-0.25, -0.2) is 0 Å². The molecule has 0 aromatic heterocycles. The monoisotopic (exact) mass is 338 g/mol. The Hall–Kier alpha value is -0.0862. The SMILES string of the molecule is C=C[Si](CCCC)(CCCC)[Si](C=C)(CCCC)CCCC. The van der Waals surface area contributed by atoms with Gasteiger partial charge in [-0.2, -0.15) is 0 Å². The van der Waals surface area contributed by atoms with Gasteiger partial charge in [-0.05, 0) is 0 Å². The van der Waals surface area contributed by atoms with Gasteiger partial charge in [-0.15, -0.1) is 24.6 Å². The minimum atomic E-state index is -1.38. The first-order valence-corrected chi connectivity index (χ1v) is 15.9. The van der Waals surface area contributed by atoms with Crippen LogP contribution < -0.4 is 0 Å². The first-order chi connectivity index (χ1) is 10.6. The molecule has 130 valence electrons. The summed E-state index contributed by atoms with van der Waals surface area (Å²) in [5.74, 6) is 0. The molecule has 0 saturated heterocycles. The Bertz CT molecular complexity index is 250. The maximum atomic E-state index is 4.42. The van der Waals surface area contributed by atoms with Crippen molar-refractivity contribution in [2.45, 2.75) is 103 Å². The van der Waals surface area contributed by atoms with Crippen molar-refractivity contribution in [3.05, 3.63) is 24.6 Å². The van der Waals surface area contributed by atoms with E-state index in [9.17, 15) is 0 Å². The van der Waals surface area contributed by atoms with Gasteiger partial charge in [0.2, 0.25) is 0 Å². The first-order valence-electron chi connectivity index (χ1n) is 9.89. The fraction of sp³-hybridized carbons (Fsp3) is 0.800. The summed E-state index contributed by atoms with van der Waals surface area (Å²) in [4.78, 5) is 0. The van der Waals surface area contributed by atoms with Crippen molar-refractivity contribution < 1.29 is 0 Å². The topological polar surface area (TPSA) is 0 Å². The quantitative estimate of drug-likeness (QED) is 0.269. The zero-order chi connectivity index (χ0) is 16.9. The molecule has 0 radical (unpaired) electrons. The summed E-state index contributed by atoms with van der Waals surface area (Å²) >= 11 is 0. The molecule has 0 aromatic carbocycles. The van der Waals surface area contributed by atoms with Crippen LogP contribution in [0.5, 0.6) is 0 Å². The summed E-state index contributed by atoms with van der Waals surface area (Å²) in [7, 11) is -2.76. The molecule has 0 heterocycles. The Balaban J connectivity index is 5.61. The van der Waals surface area contributed by atoms with E-state index in [-0.39, 0.29) is 0 Å². The minimum absolute atomic E-state index is 1.33. The summed E-state index contributed by atoms with van der Waals surface area (Å²) in [6.45, 7) is 18.2. The molecule has 2 heteroatoms. The molecule has 0 spiro atoms. The molecule has 0 rings (SSSR count). The predicted octanol–water partition coefficient (Wildman–Crippen LogP) is 7.61. The van der Waals surface area contributed by atoms with Crippen LogP contribution in [0.3, 0.4) is 0 Å². The van der Waals surface area contributed by atoms with Gasteiger partial charge in [0.25, 0.3) is 0 Å². The van der Waals surface area contributed by atoms with E-state index in [4.69, 9.17) is 0 Å². The van der Waals surface area contributed by atoms with Crippen molar-refractivity contribution in [1.82, 2.24) is 0 Å². The van der Waals surface area contributed by atoms with Crippen LogP contribution in [-0.2, 0) is 0 Å². The molecule has 0 amide bonds. The first kappa shape index (κ1) is 21.9. The van der Waals surface area contributed by atoms with Crippen LogP contribution in [-0.4, -0.2) is 15.2 Å². The van der Waals surface area contributed by atoms with Gasteiger partial charge in [-0.3, -0.25) is 0 Å². The van der Waals surface area contributed by atoms with E-state index in [0.29, 0.717) is 0 Å². The zero-order valence-electron chi connectivity index (χ0n) is 16.1. The van der Waals surface area contributed by atoms with Crippen molar-refractivity contribution in [3.8, 4) is 0 Å². The van der Waals surface area contributed by atoms with Crippen LogP contribution >= 0.6 is 0 Å². The van der Waals surface area contributed by atoms with Gasteiger partial charge in [-0.1, -0.05) is 103 Å². The molecule has 0 aliphatic carbocycles. The van der Waals surface area contributed by atoms with Crippen LogP contribution in [0.4, 0.5) is 0 Å². The summed E-state index contributed by atoms with van der Waals surface area (Å²) in [5.41, 5.74) is 5.05. The summed E-state index contributed by atoms with van der Waals surface area (Å²) < 4.78 is 0. The Morgan fingerprint density at radius 2 is 0.773 bits per heavy atom. The molecule has 0 bridgehead atoms. The zero-order valence-corrected chi connectivity index (χ0v) is 18.1. The van der Waals surface area contributed by atoms with Gasteiger partial charge in [0.1, 0.15) is 0 Å². The third kappa shape index (κ3) is 5.84. The van der Waals surface area contributed by atoms with E-state index >= 15 is 0 Å². The maximum absolute atomic E-state index is 4.42. The van der Waals surface area contributed by atoms with Crippen molar-refractivity contribution in [1.29, 1.82) is 0 Å². The second-order valence-electron chi connectivity index (χ2n) is 7.13. The van der Waals surface area contributed by atoms with E-state index in [1.165, 1.54) is 75.5 Å². The Morgan fingerprint density at radius 3 is 0.909 bits per heavy atom. The summed E-state index contributed by atoms with van der Waals surface area (Å²) in [6, 6.07) is 5.94. The number of unbranched alkanes of at least 4 members (excludes halogenated alkanes) is 4. The van der Waals surface area contributed by atoms with Crippen LogP contribution in [0.2, 0.25) is 24.2 Å². The number of hydrogen-bond acceptors (Lipinski definition) is 0. The van der Waals surface area contributed by atoms with Crippen molar-refractivity contribution >= 4 is 15.2 Å². The fourth-order valence-electron chi connectivity index (χ4n) is 4.03. The van der Waals surface area contributed by atoms with Crippen LogP contribution in [0, 0.1) is 0 Å². The lowest BCUT2D eigenvalue weighted by atomic mass is 10.4. The summed E-state index contributed by atoms with van der Waals surface area (Å²) in [5, 5.41) is 0. The molecule has 0 nitrogen and oxygen atoms in total. The number of hydrogen-bond donors (Lipinski definition) is 0. The van der Waals surface area contributed by atoms with Gasteiger partial charge >= 0.3 is 0 Å². The van der Waals surface area contributed by atoms with Crippen LogP contribution in [0.15, 0.2) is 24.6 Å². The molecule has 0 unspecified atom stereocenters. The molecular weight excluding hydrogens is 296 g/mol. The van der Waals surface area contributed by atoms with Gasteiger partial charge in [0.15, 0.2) is 0 Å². The molecule has 22 heavy (non-hydrogen) atoms. The minimum Gasteiger partial charge on any atom is -0.107 e. The van der Waals surface area contributed by atoms with E-state index in [2.05, 4.69) is 52.3 Å². The smallest absolute Gasteiger partial charge is 0.0750 e. The average Bonchev–Trinajstić information content (AvgIpc) is 2.56. The highest BCUT2D eigenvalue weighted by Gasteiger charge is 2.48. The van der Waals surface area contributed by atoms with E-state index in [1.807, 2.05) is 0 Å². The molecule has 0 fully saturated rings. The van der Waals surface area contributed by atoms with Crippen LogP contribution in [0.25, 0.3) is 0 Å². The van der Waals surface area contributed by atoms with Gasteiger partial charge < -0.3 is 0 Å². The van der Waals surface area contributed by atoms with E-state index < -0.39 is 15.2 Å². The van der Waals surface area contributed by atoms with Crippen molar-refractivity contribution in [2.24, 2.45) is 0 Å². The standard InChI is InChI=1S/C20H42Si2/c1-7-13-17-21(11-5,18-14-8-2)22(12-6,19-15-9-3)20-16-10-4/h11-12H,5-10,13-20H2,1-4H3. The fourth-order valence-corrected chi connectivity index (χ4v) is 22.6. The average molecular weight is 339 g/mol. The van der Waals surface area contributed by atoms with Crippen molar-refractivity contribution in [3.63, 3.8) is 0 Å². The van der Waals surface area contributed by atoms with E-state index in [0.717, 1.165) is 0 Å². The van der Waals surface area contributed by atoms with Crippen molar-refractivity contribution in [2.75, 3.05) is 0 Å². The highest BCUT2D eigenvalue weighted by molar-refractivity contribution is 7.46. The van der Waals surface area contributed by atoms with Gasteiger partial charge in [0, 0.05) is 0 Å². The normalized spacial score (nSPS) is 12.4. The molecule has 0 saturated carbocycles. The largest absolute Gasteiger partial charge is 0.107 e. The van der Waals surface area contributed by atoms with E-state index in [1.54, 1.807) is 0 Å². The molecule has 0 N–H and O–H groups in total. The third-order valence-electron chi connectivity index (χ3n) is 5.68. The second kappa shape index (κ2) is 12.4. The third-order valence-corrected chi connectivity index (χ3v) is 24.4. The highest BCUT2D eigenvalue weighted by Crippen LogP contribution is 2.40. The van der Waals surface area contributed by atoms with Gasteiger partial charge in [0.05, 0.1) is 15.2 Å². The summed E-state index contributed by atoms with van der Waals surface area (Å²) in [6.07, 6.45) is 10.9. The van der Waals surface area contributed by atoms with Crippen LogP contribution in [0.1, 0.15) is 79.1 Å². The Labute approximate surface area is 143 Å². The molecule has 0 aliphatic heterocycles. The maximum Gasteiger partial charge on any atom is 0.0750 e. The lowest BCUT2D eigenvalue weighted by Gasteiger charge is -2.46. The lowest BCUT2D eigenvalue weighted by molar-refractivity contribution is 0.821. The second-order valence-corrected chi connectivity index (χ2v) is 20.6. The molecular formula is C20H42Si2. The molecule has 0 atom stereocenters. The number of rotatable bonds is 15. The Kier molecular flexibility index (Phi) is 12.3. The molecule has 0 aromatic rings. The Morgan fingerprint density at radius 1 is 0.545 bits per heavy atom.